The fraction of sp³-hybridized carbons (Fsp3) is 0.938. The third kappa shape index (κ3) is 3.73. The average molecular weight is 281 g/mol. The van der Waals surface area contributed by atoms with E-state index in [1.165, 1.54) is 12.8 Å². The van der Waals surface area contributed by atoms with Crippen LogP contribution in [0, 0.1) is 11.8 Å². The van der Waals surface area contributed by atoms with Gasteiger partial charge in [-0.1, -0.05) is 13.8 Å². The zero-order valence-electron chi connectivity index (χ0n) is 13.5. The lowest BCUT2D eigenvalue weighted by Gasteiger charge is -2.39. The number of nitrogens with one attached hydrogen (secondary N) is 1. The van der Waals surface area contributed by atoms with Crippen LogP contribution in [0.5, 0.6) is 0 Å². The zero-order valence-corrected chi connectivity index (χ0v) is 13.5. The van der Waals surface area contributed by atoms with Crippen molar-refractivity contribution in [3.8, 4) is 0 Å². The third-order valence-electron chi connectivity index (χ3n) is 4.38. The van der Waals surface area contributed by atoms with E-state index in [9.17, 15) is 4.79 Å². The lowest BCUT2D eigenvalue weighted by atomic mass is 9.90. The van der Waals surface area contributed by atoms with Gasteiger partial charge in [0.05, 0.1) is 0 Å². The molecule has 2 rings (SSSR count). The van der Waals surface area contributed by atoms with Crippen LogP contribution >= 0.6 is 0 Å². The molecule has 0 aromatic carbocycles. The molecule has 2 aliphatic carbocycles. The molecule has 0 aliphatic heterocycles. The third-order valence-corrected chi connectivity index (χ3v) is 4.38. The van der Waals surface area contributed by atoms with E-state index in [0.717, 1.165) is 25.9 Å². The molecular weight excluding hydrogens is 250 g/mol. The molecule has 1 amide bonds. The number of hydrogen-bond acceptors (Lipinski definition) is 3. The Morgan fingerprint density at radius 3 is 2.20 bits per heavy atom. The number of nitrogens with two attached hydrogens (primary N) is 1. The summed E-state index contributed by atoms with van der Waals surface area (Å²) in [6.45, 7) is 10.5. The SMILES string of the molecule is CC(C)CN(CC(NC(C)C)(C(N)=O)C1CC1)C1CC1. The van der Waals surface area contributed by atoms with E-state index in [2.05, 4.69) is 37.9 Å². The Bertz CT molecular complexity index is 348. The quantitative estimate of drug-likeness (QED) is 0.677. The molecular formula is C16H31N3O. The largest absolute Gasteiger partial charge is 0.368 e. The number of primary amides is 1. The summed E-state index contributed by atoms with van der Waals surface area (Å²) in [5.41, 5.74) is 5.31. The minimum atomic E-state index is -0.522. The van der Waals surface area contributed by atoms with Crippen LogP contribution in [0.4, 0.5) is 0 Å². The van der Waals surface area contributed by atoms with Crippen molar-refractivity contribution in [1.29, 1.82) is 0 Å². The van der Waals surface area contributed by atoms with Gasteiger partial charge in [-0.25, -0.2) is 0 Å². The first-order chi connectivity index (χ1) is 9.35. The van der Waals surface area contributed by atoms with Crippen molar-refractivity contribution >= 4 is 5.91 Å². The molecule has 0 spiro atoms. The maximum Gasteiger partial charge on any atom is 0.239 e. The second-order valence-corrected chi connectivity index (χ2v) is 7.46. The molecule has 3 N–H and O–H groups in total. The average Bonchev–Trinajstić information content (AvgIpc) is 3.14. The van der Waals surface area contributed by atoms with Crippen LogP contribution in [0.15, 0.2) is 0 Å². The molecule has 4 nitrogen and oxygen atoms in total. The summed E-state index contributed by atoms with van der Waals surface area (Å²) in [6.07, 6.45) is 4.80. The Balaban J connectivity index is 2.14. The summed E-state index contributed by atoms with van der Waals surface area (Å²) in [6, 6.07) is 0.951. The molecule has 2 aliphatic rings. The lowest BCUT2D eigenvalue weighted by molar-refractivity contribution is -0.126. The predicted octanol–water partition coefficient (Wildman–Crippen LogP) is 1.74. The molecule has 20 heavy (non-hydrogen) atoms. The summed E-state index contributed by atoms with van der Waals surface area (Å²) in [5.74, 6) is 0.887. The van der Waals surface area contributed by atoms with Gasteiger partial charge in [0.1, 0.15) is 5.54 Å². The van der Waals surface area contributed by atoms with Crippen LogP contribution in [-0.2, 0) is 4.79 Å². The van der Waals surface area contributed by atoms with Gasteiger partial charge >= 0.3 is 0 Å². The molecule has 0 heterocycles. The highest BCUT2D eigenvalue weighted by Gasteiger charge is 2.52. The summed E-state index contributed by atoms with van der Waals surface area (Å²) < 4.78 is 0. The molecule has 0 saturated heterocycles. The Labute approximate surface area is 123 Å². The standard InChI is InChI=1S/C16H31N3O/c1-11(2)9-19(14-7-8-14)10-16(15(17)20,13-5-6-13)18-12(3)4/h11-14,18H,5-10H2,1-4H3,(H2,17,20). The van der Waals surface area contributed by atoms with Gasteiger partial charge in [-0.3, -0.25) is 15.0 Å². The first-order valence-corrected chi connectivity index (χ1v) is 8.16. The molecule has 0 aromatic rings. The van der Waals surface area contributed by atoms with E-state index >= 15 is 0 Å². The Hall–Kier alpha value is -0.610. The van der Waals surface area contributed by atoms with Gasteiger partial charge in [0.25, 0.3) is 0 Å². The van der Waals surface area contributed by atoms with Gasteiger partial charge in [0, 0.05) is 25.2 Å². The Kier molecular flexibility index (Phi) is 4.75. The fourth-order valence-corrected chi connectivity index (χ4v) is 3.31. The van der Waals surface area contributed by atoms with Crippen molar-refractivity contribution in [2.45, 2.75) is 71.0 Å². The minimum absolute atomic E-state index is 0.164. The maximum absolute atomic E-state index is 12.2. The van der Waals surface area contributed by atoms with Gasteiger partial charge in [0.2, 0.25) is 5.91 Å². The second kappa shape index (κ2) is 6.02. The van der Waals surface area contributed by atoms with Gasteiger partial charge in [-0.2, -0.15) is 0 Å². The lowest BCUT2D eigenvalue weighted by Crippen LogP contribution is -2.65. The monoisotopic (exact) mass is 281 g/mol. The summed E-state index contributed by atoms with van der Waals surface area (Å²) in [5, 5.41) is 3.52. The number of rotatable bonds is 9. The molecule has 0 radical (unpaired) electrons. The van der Waals surface area contributed by atoms with Gasteiger partial charge < -0.3 is 5.73 Å². The zero-order chi connectivity index (χ0) is 14.9. The van der Waals surface area contributed by atoms with Gasteiger partial charge in [-0.15, -0.1) is 0 Å². The van der Waals surface area contributed by atoms with Crippen molar-refractivity contribution in [1.82, 2.24) is 10.2 Å². The molecule has 2 fully saturated rings. The van der Waals surface area contributed by atoms with Crippen LogP contribution in [0.25, 0.3) is 0 Å². The number of nitrogens with zero attached hydrogens (tertiary/aromatic N) is 1. The molecule has 2 saturated carbocycles. The van der Waals surface area contributed by atoms with Crippen molar-refractivity contribution in [2.75, 3.05) is 13.1 Å². The molecule has 116 valence electrons. The maximum atomic E-state index is 12.2. The molecule has 0 bridgehead atoms. The highest BCUT2D eigenvalue weighted by Crippen LogP contribution is 2.42. The topological polar surface area (TPSA) is 58.4 Å². The smallest absolute Gasteiger partial charge is 0.239 e. The highest BCUT2D eigenvalue weighted by molar-refractivity contribution is 5.86. The molecule has 4 heteroatoms. The number of amides is 1. The van der Waals surface area contributed by atoms with Crippen molar-refractivity contribution in [2.24, 2.45) is 17.6 Å². The van der Waals surface area contributed by atoms with E-state index < -0.39 is 5.54 Å². The van der Waals surface area contributed by atoms with Crippen LogP contribution in [0.2, 0.25) is 0 Å². The summed E-state index contributed by atoms with van der Waals surface area (Å²) >= 11 is 0. The summed E-state index contributed by atoms with van der Waals surface area (Å²) in [7, 11) is 0. The van der Waals surface area contributed by atoms with Crippen LogP contribution < -0.4 is 11.1 Å². The van der Waals surface area contributed by atoms with Crippen LogP contribution in [0.1, 0.15) is 53.4 Å². The molecule has 1 atom stereocenters. The normalized spacial score (nSPS) is 22.6. The number of hydrogen-bond donors (Lipinski definition) is 2. The first kappa shape index (κ1) is 15.8. The van der Waals surface area contributed by atoms with E-state index in [1.54, 1.807) is 0 Å². The second-order valence-electron chi connectivity index (χ2n) is 7.46. The highest BCUT2D eigenvalue weighted by atomic mass is 16.1. The number of carbonyl (C=O) groups is 1. The van der Waals surface area contributed by atoms with Crippen LogP contribution in [-0.4, -0.2) is 41.5 Å². The first-order valence-electron chi connectivity index (χ1n) is 8.16. The summed E-state index contributed by atoms with van der Waals surface area (Å²) in [4.78, 5) is 14.7. The fourth-order valence-electron chi connectivity index (χ4n) is 3.31. The van der Waals surface area contributed by atoms with Crippen molar-refractivity contribution in [3.63, 3.8) is 0 Å². The van der Waals surface area contributed by atoms with Crippen LogP contribution in [0.3, 0.4) is 0 Å². The van der Waals surface area contributed by atoms with Gasteiger partial charge in [0.15, 0.2) is 0 Å². The molecule has 1 unspecified atom stereocenters. The van der Waals surface area contributed by atoms with Crippen molar-refractivity contribution in [3.05, 3.63) is 0 Å². The minimum Gasteiger partial charge on any atom is -0.368 e. The van der Waals surface area contributed by atoms with E-state index in [1.807, 2.05) is 0 Å². The van der Waals surface area contributed by atoms with Gasteiger partial charge in [-0.05, 0) is 51.4 Å². The molecule has 0 aromatic heterocycles. The predicted molar refractivity (Wildman–Crippen MR) is 82.4 cm³/mol. The van der Waals surface area contributed by atoms with E-state index in [-0.39, 0.29) is 11.9 Å². The number of carbonyl (C=O) groups excluding carboxylic acids is 1. The van der Waals surface area contributed by atoms with Crippen molar-refractivity contribution < 1.29 is 4.79 Å². The van der Waals surface area contributed by atoms with E-state index in [0.29, 0.717) is 17.9 Å². The Morgan fingerprint density at radius 1 is 1.25 bits per heavy atom. The Morgan fingerprint density at radius 2 is 1.85 bits per heavy atom. The van der Waals surface area contributed by atoms with E-state index in [4.69, 9.17) is 5.73 Å².